The minimum atomic E-state index is -0.769. The lowest BCUT2D eigenvalue weighted by atomic mass is 10.1. The van der Waals surface area contributed by atoms with Crippen molar-refractivity contribution in [1.29, 1.82) is 0 Å². The molecule has 0 radical (unpaired) electrons. The Morgan fingerprint density at radius 1 is 1.00 bits per heavy atom. The van der Waals surface area contributed by atoms with Crippen LogP contribution in [0.5, 0.6) is 0 Å². The molecule has 2 amide bonds. The minimum Gasteiger partial charge on any atom is -0.357 e. The Kier molecular flexibility index (Phi) is 6.02. The van der Waals surface area contributed by atoms with Gasteiger partial charge in [-0.3, -0.25) is 9.59 Å². The second-order valence-electron chi connectivity index (χ2n) is 4.90. The van der Waals surface area contributed by atoms with Crippen LogP contribution >= 0.6 is 23.2 Å². The first-order valence-electron chi connectivity index (χ1n) is 7.01. The predicted octanol–water partition coefficient (Wildman–Crippen LogP) is 3.14. The molecule has 23 heavy (non-hydrogen) atoms. The molecule has 0 aliphatic carbocycles. The van der Waals surface area contributed by atoms with Gasteiger partial charge in [0.05, 0.1) is 6.42 Å². The quantitative estimate of drug-likeness (QED) is 0.870. The highest BCUT2D eigenvalue weighted by atomic mass is 35.5. The standard InChI is InChI=1S/C17H16Cl2N2O2/c1-20-17(23)16(11-6-3-2-4-7-11)21-15(22)10-12-13(18)8-5-9-14(12)19/h2-9,16H,10H2,1H3,(H,20,23)(H,21,22)/t16-/m1/s1. The Morgan fingerprint density at radius 3 is 2.17 bits per heavy atom. The summed E-state index contributed by atoms with van der Waals surface area (Å²) in [7, 11) is 1.52. The van der Waals surface area contributed by atoms with Crippen LogP contribution in [-0.2, 0) is 16.0 Å². The molecule has 2 aromatic carbocycles. The molecule has 1 atom stereocenters. The molecule has 2 N–H and O–H groups in total. The molecule has 0 unspecified atom stereocenters. The molecule has 0 bridgehead atoms. The summed E-state index contributed by atoms with van der Waals surface area (Å²) in [6.07, 6.45) is -0.00116. The van der Waals surface area contributed by atoms with Gasteiger partial charge in [0.15, 0.2) is 0 Å². The fourth-order valence-corrected chi connectivity index (χ4v) is 2.69. The van der Waals surface area contributed by atoms with Crippen molar-refractivity contribution >= 4 is 35.0 Å². The third kappa shape index (κ3) is 4.47. The van der Waals surface area contributed by atoms with Crippen LogP contribution in [0, 0.1) is 0 Å². The van der Waals surface area contributed by atoms with Crippen molar-refractivity contribution < 1.29 is 9.59 Å². The van der Waals surface area contributed by atoms with Crippen LogP contribution in [0.2, 0.25) is 10.0 Å². The molecule has 0 saturated heterocycles. The summed E-state index contributed by atoms with van der Waals surface area (Å²) >= 11 is 12.1. The second-order valence-corrected chi connectivity index (χ2v) is 5.72. The van der Waals surface area contributed by atoms with Gasteiger partial charge in [0.1, 0.15) is 6.04 Å². The summed E-state index contributed by atoms with van der Waals surface area (Å²) < 4.78 is 0. The lowest BCUT2D eigenvalue weighted by Crippen LogP contribution is -2.39. The Morgan fingerprint density at radius 2 is 1.61 bits per heavy atom. The molecule has 2 rings (SSSR count). The molecule has 0 aromatic heterocycles. The van der Waals surface area contributed by atoms with Gasteiger partial charge in [-0.15, -0.1) is 0 Å². The SMILES string of the molecule is CNC(=O)[C@H](NC(=O)Cc1c(Cl)cccc1Cl)c1ccccc1. The Balaban J connectivity index is 2.17. The van der Waals surface area contributed by atoms with Crippen LogP contribution in [0.4, 0.5) is 0 Å². The number of carbonyl (C=O) groups excluding carboxylic acids is 2. The second kappa shape index (κ2) is 7.99. The van der Waals surface area contributed by atoms with E-state index in [9.17, 15) is 9.59 Å². The van der Waals surface area contributed by atoms with Gasteiger partial charge in [-0.2, -0.15) is 0 Å². The van der Waals surface area contributed by atoms with E-state index in [1.54, 1.807) is 30.3 Å². The summed E-state index contributed by atoms with van der Waals surface area (Å²) in [5.74, 6) is -0.632. The number of hydrogen-bond donors (Lipinski definition) is 2. The molecule has 0 aliphatic rings. The predicted molar refractivity (Wildman–Crippen MR) is 91.6 cm³/mol. The van der Waals surface area contributed by atoms with Gasteiger partial charge in [0.2, 0.25) is 11.8 Å². The molecule has 2 aromatic rings. The maximum atomic E-state index is 12.3. The Labute approximate surface area is 144 Å². The monoisotopic (exact) mass is 350 g/mol. The summed E-state index contributed by atoms with van der Waals surface area (Å²) in [6.45, 7) is 0. The highest BCUT2D eigenvalue weighted by Crippen LogP contribution is 2.25. The zero-order chi connectivity index (χ0) is 16.8. The van der Waals surface area contributed by atoms with Gasteiger partial charge in [0, 0.05) is 17.1 Å². The molecular formula is C17H16Cl2N2O2. The van der Waals surface area contributed by atoms with Crippen molar-refractivity contribution in [3.8, 4) is 0 Å². The Hall–Kier alpha value is -2.04. The molecule has 6 heteroatoms. The van der Waals surface area contributed by atoms with Gasteiger partial charge < -0.3 is 10.6 Å². The zero-order valence-corrected chi connectivity index (χ0v) is 14.0. The highest BCUT2D eigenvalue weighted by molar-refractivity contribution is 6.36. The van der Waals surface area contributed by atoms with Crippen molar-refractivity contribution in [3.05, 3.63) is 69.7 Å². The molecule has 0 spiro atoms. The van der Waals surface area contributed by atoms with Crippen LogP contribution in [0.1, 0.15) is 17.2 Å². The molecule has 0 aliphatic heterocycles. The van der Waals surface area contributed by atoms with E-state index in [4.69, 9.17) is 23.2 Å². The highest BCUT2D eigenvalue weighted by Gasteiger charge is 2.22. The van der Waals surface area contributed by atoms with E-state index >= 15 is 0 Å². The van der Waals surface area contributed by atoms with E-state index in [0.717, 1.165) is 0 Å². The smallest absolute Gasteiger partial charge is 0.246 e. The average molecular weight is 351 g/mol. The topological polar surface area (TPSA) is 58.2 Å². The fourth-order valence-electron chi connectivity index (χ4n) is 2.16. The summed E-state index contributed by atoms with van der Waals surface area (Å²) in [5.41, 5.74) is 1.24. The van der Waals surface area contributed by atoms with E-state index in [1.807, 2.05) is 18.2 Å². The summed E-state index contributed by atoms with van der Waals surface area (Å²) in [6, 6.07) is 13.3. The first-order valence-corrected chi connectivity index (χ1v) is 7.77. The molecule has 0 fully saturated rings. The van der Waals surface area contributed by atoms with Crippen LogP contribution in [-0.4, -0.2) is 18.9 Å². The van der Waals surface area contributed by atoms with Crippen LogP contribution in [0.15, 0.2) is 48.5 Å². The number of likely N-dealkylation sites (N-methyl/N-ethyl adjacent to an activating group) is 1. The fraction of sp³-hybridized carbons (Fsp3) is 0.176. The number of nitrogens with one attached hydrogen (secondary N) is 2. The molecule has 120 valence electrons. The first-order chi connectivity index (χ1) is 11.0. The van der Waals surface area contributed by atoms with Gasteiger partial charge in [-0.25, -0.2) is 0 Å². The molecule has 4 nitrogen and oxygen atoms in total. The zero-order valence-electron chi connectivity index (χ0n) is 12.5. The van der Waals surface area contributed by atoms with Gasteiger partial charge >= 0.3 is 0 Å². The van der Waals surface area contributed by atoms with Crippen LogP contribution in [0.25, 0.3) is 0 Å². The lowest BCUT2D eigenvalue weighted by molar-refractivity contribution is -0.128. The van der Waals surface area contributed by atoms with Crippen LogP contribution in [0.3, 0.4) is 0 Å². The van der Waals surface area contributed by atoms with Crippen molar-refractivity contribution in [3.63, 3.8) is 0 Å². The number of amides is 2. The number of rotatable bonds is 5. The maximum absolute atomic E-state index is 12.3. The summed E-state index contributed by atoms with van der Waals surface area (Å²) in [4.78, 5) is 24.4. The number of hydrogen-bond acceptors (Lipinski definition) is 2. The van der Waals surface area contributed by atoms with E-state index in [2.05, 4.69) is 10.6 Å². The number of benzene rings is 2. The van der Waals surface area contributed by atoms with Gasteiger partial charge in [0.25, 0.3) is 0 Å². The average Bonchev–Trinajstić information content (AvgIpc) is 2.56. The van der Waals surface area contributed by atoms with E-state index in [1.165, 1.54) is 7.05 Å². The molecule has 0 heterocycles. The third-order valence-electron chi connectivity index (χ3n) is 3.35. The van der Waals surface area contributed by atoms with Crippen molar-refractivity contribution in [2.24, 2.45) is 0 Å². The maximum Gasteiger partial charge on any atom is 0.246 e. The molecular weight excluding hydrogens is 335 g/mol. The largest absolute Gasteiger partial charge is 0.357 e. The van der Waals surface area contributed by atoms with Gasteiger partial charge in [-0.05, 0) is 23.3 Å². The van der Waals surface area contributed by atoms with Crippen molar-refractivity contribution in [1.82, 2.24) is 10.6 Å². The lowest BCUT2D eigenvalue weighted by Gasteiger charge is -2.18. The van der Waals surface area contributed by atoms with Gasteiger partial charge in [-0.1, -0.05) is 59.6 Å². The van der Waals surface area contributed by atoms with E-state index < -0.39 is 6.04 Å². The third-order valence-corrected chi connectivity index (χ3v) is 4.05. The van der Waals surface area contributed by atoms with Crippen molar-refractivity contribution in [2.75, 3.05) is 7.05 Å². The number of carbonyl (C=O) groups is 2. The summed E-state index contributed by atoms with van der Waals surface area (Å²) in [5, 5.41) is 6.11. The Bertz CT molecular complexity index is 685. The number of halogens is 2. The van der Waals surface area contributed by atoms with E-state index in [-0.39, 0.29) is 18.2 Å². The van der Waals surface area contributed by atoms with Crippen LogP contribution < -0.4 is 10.6 Å². The normalized spacial score (nSPS) is 11.6. The first kappa shape index (κ1) is 17.3. The van der Waals surface area contributed by atoms with Crippen molar-refractivity contribution in [2.45, 2.75) is 12.5 Å². The van der Waals surface area contributed by atoms with E-state index in [0.29, 0.717) is 21.2 Å². The minimum absolute atomic E-state index is 0.00116. The molecule has 0 saturated carbocycles.